The van der Waals surface area contributed by atoms with Crippen molar-refractivity contribution < 1.29 is 22.7 Å². The number of rotatable bonds is 9. The molecule has 1 N–H and O–H groups in total. The molecule has 33 heavy (non-hydrogen) atoms. The van der Waals surface area contributed by atoms with Gasteiger partial charge in [0.2, 0.25) is 0 Å². The predicted molar refractivity (Wildman–Crippen MR) is 129 cm³/mol. The van der Waals surface area contributed by atoms with Crippen molar-refractivity contribution >= 4 is 21.6 Å². The molecule has 0 aromatic heterocycles. The summed E-state index contributed by atoms with van der Waals surface area (Å²) >= 11 is 0. The number of carbonyl (C=O) groups excluding carboxylic acids is 1. The molecule has 0 fully saturated rings. The summed E-state index contributed by atoms with van der Waals surface area (Å²) in [6.45, 7) is 4.58. The molecule has 0 saturated carbocycles. The average molecular weight is 469 g/mol. The van der Waals surface area contributed by atoms with E-state index in [0.29, 0.717) is 30.2 Å². The highest BCUT2D eigenvalue weighted by atomic mass is 32.2. The first kappa shape index (κ1) is 24.1. The van der Waals surface area contributed by atoms with Gasteiger partial charge in [-0.1, -0.05) is 6.07 Å². The first-order chi connectivity index (χ1) is 15.7. The molecular formula is C25H28N2O5S. The molecule has 0 saturated heterocycles. The quantitative estimate of drug-likeness (QED) is 0.507. The monoisotopic (exact) mass is 468 g/mol. The van der Waals surface area contributed by atoms with Gasteiger partial charge in [0.25, 0.3) is 15.9 Å². The Bertz CT molecular complexity index is 1210. The number of aryl methyl sites for hydroxylation is 2. The van der Waals surface area contributed by atoms with Crippen LogP contribution in [0.4, 0.5) is 5.69 Å². The molecule has 8 heteroatoms. The maximum atomic E-state index is 12.7. The number of hydrogen-bond donors (Lipinski definition) is 1. The van der Waals surface area contributed by atoms with Gasteiger partial charge < -0.3 is 14.4 Å². The molecule has 0 spiro atoms. The summed E-state index contributed by atoms with van der Waals surface area (Å²) in [6.07, 6.45) is 0. The van der Waals surface area contributed by atoms with E-state index in [9.17, 15) is 13.2 Å². The van der Waals surface area contributed by atoms with Gasteiger partial charge in [-0.05, 0) is 85.6 Å². The molecule has 7 nitrogen and oxygen atoms in total. The SMILES string of the molecule is COc1ccc(OCCN(C)C(=O)c2ccc(S(=O)(=O)Nc3ccc(C)c(C)c3)cc2)cc1. The van der Waals surface area contributed by atoms with Crippen LogP contribution in [0.15, 0.2) is 71.6 Å². The summed E-state index contributed by atoms with van der Waals surface area (Å²) in [4.78, 5) is 14.3. The predicted octanol–water partition coefficient (Wildman–Crippen LogP) is 4.26. The second-order valence-corrected chi connectivity index (χ2v) is 9.36. The molecule has 0 aliphatic carbocycles. The number of amides is 1. The molecule has 0 unspecified atom stereocenters. The van der Waals surface area contributed by atoms with Crippen LogP contribution >= 0.6 is 0 Å². The van der Waals surface area contributed by atoms with Gasteiger partial charge in [0, 0.05) is 18.3 Å². The number of hydrogen-bond acceptors (Lipinski definition) is 5. The Morgan fingerprint density at radius 1 is 0.909 bits per heavy atom. The fraction of sp³-hybridized carbons (Fsp3) is 0.240. The lowest BCUT2D eigenvalue weighted by Crippen LogP contribution is -2.30. The Hall–Kier alpha value is -3.52. The van der Waals surface area contributed by atoms with Gasteiger partial charge >= 0.3 is 0 Å². The van der Waals surface area contributed by atoms with Crippen molar-refractivity contribution in [1.29, 1.82) is 0 Å². The molecule has 3 aromatic rings. The van der Waals surface area contributed by atoms with Crippen molar-refractivity contribution in [3.8, 4) is 11.5 Å². The number of anilines is 1. The first-order valence-electron chi connectivity index (χ1n) is 10.4. The van der Waals surface area contributed by atoms with E-state index in [1.54, 1.807) is 50.6 Å². The normalized spacial score (nSPS) is 11.0. The zero-order valence-corrected chi connectivity index (χ0v) is 20.0. The number of nitrogens with one attached hydrogen (secondary N) is 1. The molecule has 0 aliphatic heterocycles. The molecule has 0 bridgehead atoms. The van der Waals surface area contributed by atoms with E-state index in [0.717, 1.165) is 16.9 Å². The van der Waals surface area contributed by atoms with E-state index >= 15 is 0 Å². The van der Waals surface area contributed by atoms with Crippen LogP contribution in [0.25, 0.3) is 0 Å². The van der Waals surface area contributed by atoms with E-state index in [1.807, 2.05) is 19.9 Å². The molecule has 1 amide bonds. The molecule has 3 aromatic carbocycles. The third kappa shape index (κ3) is 6.26. The number of sulfonamides is 1. The van der Waals surface area contributed by atoms with Gasteiger partial charge in [0.15, 0.2) is 0 Å². The highest BCUT2D eigenvalue weighted by Gasteiger charge is 2.17. The van der Waals surface area contributed by atoms with Crippen LogP contribution in [-0.4, -0.2) is 46.5 Å². The van der Waals surface area contributed by atoms with Crippen molar-refractivity contribution in [2.24, 2.45) is 0 Å². The molecule has 0 aliphatic rings. The van der Waals surface area contributed by atoms with Crippen LogP contribution in [0.1, 0.15) is 21.5 Å². The third-order valence-electron chi connectivity index (χ3n) is 5.27. The Kier molecular flexibility index (Phi) is 7.60. The van der Waals surface area contributed by atoms with E-state index in [2.05, 4.69) is 4.72 Å². The minimum Gasteiger partial charge on any atom is -0.497 e. The molecule has 3 rings (SSSR count). The van der Waals surface area contributed by atoms with E-state index < -0.39 is 10.0 Å². The number of benzene rings is 3. The fourth-order valence-electron chi connectivity index (χ4n) is 3.09. The summed E-state index contributed by atoms with van der Waals surface area (Å²) in [5.74, 6) is 1.20. The molecule has 0 radical (unpaired) electrons. The Morgan fingerprint density at radius 2 is 1.55 bits per heavy atom. The molecule has 0 atom stereocenters. The largest absolute Gasteiger partial charge is 0.497 e. The van der Waals surface area contributed by atoms with Crippen LogP contribution < -0.4 is 14.2 Å². The highest BCUT2D eigenvalue weighted by Crippen LogP contribution is 2.20. The van der Waals surface area contributed by atoms with Crippen molar-refractivity contribution in [2.45, 2.75) is 18.7 Å². The molecule has 174 valence electrons. The minimum atomic E-state index is -3.76. The number of carbonyl (C=O) groups is 1. The van der Waals surface area contributed by atoms with E-state index in [-0.39, 0.29) is 10.8 Å². The lowest BCUT2D eigenvalue weighted by Gasteiger charge is -2.18. The molecule has 0 heterocycles. The smallest absolute Gasteiger partial charge is 0.261 e. The number of methoxy groups -OCH3 is 1. The van der Waals surface area contributed by atoms with Crippen molar-refractivity contribution in [3.63, 3.8) is 0 Å². The van der Waals surface area contributed by atoms with Crippen LogP contribution in [0, 0.1) is 13.8 Å². The number of nitrogens with zero attached hydrogens (tertiary/aromatic N) is 1. The number of likely N-dealkylation sites (N-methyl/N-ethyl adjacent to an activating group) is 1. The zero-order chi connectivity index (χ0) is 24.0. The van der Waals surface area contributed by atoms with Gasteiger partial charge in [-0.2, -0.15) is 0 Å². The summed E-state index contributed by atoms with van der Waals surface area (Å²) in [6, 6.07) is 18.4. The van der Waals surface area contributed by atoms with Crippen LogP contribution in [-0.2, 0) is 10.0 Å². The Labute approximate surface area is 195 Å². The lowest BCUT2D eigenvalue weighted by molar-refractivity contribution is 0.0773. The van der Waals surface area contributed by atoms with Crippen LogP contribution in [0.2, 0.25) is 0 Å². The summed E-state index contributed by atoms with van der Waals surface area (Å²) in [7, 11) is -0.490. The standard InChI is InChI=1S/C25H28N2O5S/c1-18-5-8-21(17-19(18)2)26-33(29,30)24-13-6-20(7-14-24)25(28)27(3)15-16-32-23-11-9-22(31-4)10-12-23/h5-14,17,26H,15-16H2,1-4H3. The zero-order valence-electron chi connectivity index (χ0n) is 19.2. The lowest BCUT2D eigenvalue weighted by atomic mass is 10.1. The van der Waals surface area contributed by atoms with Crippen molar-refractivity contribution in [1.82, 2.24) is 4.90 Å². The van der Waals surface area contributed by atoms with Gasteiger partial charge in [-0.3, -0.25) is 9.52 Å². The van der Waals surface area contributed by atoms with Gasteiger partial charge in [0.1, 0.15) is 18.1 Å². The summed E-state index contributed by atoms with van der Waals surface area (Å²) in [5, 5.41) is 0. The maximum Gasteiger partial charge on any atom is 0.261 e. The van der Waals surface area contributed by atoms with Crippen molar-refractivity contribution in [2.75, 3.05) is 32.0 Å². The minimum absolute atomic E-state index is 0.0859. The average Bonchev–Trinajstić information content (AvgIpc) is 2.81. The van der Waals surface area contributed by atoms with E-state index in [4.69, 9.17) is 9.47 Å². The summed E-state index contributed by atoms with van der Waals surface area (Å²) < 4.78 is 38.7. The van der Waals surface area contributed by atoms with E-state index in [1.165, 1.54) is 29.2 Å². The highest BCUT2D eigenvalue weighted by molar-refractivity contribution is 7.92. The maximum absolute atomic E-state index is 12.7. The Morgan fingerprint density at radius 3 is 2.15 bits per heavy atom. The van der Waals surface area contributed by atoms with Gasteiger partial charge in [-0.15, -0.1) is 0 Å². The summed E-state index contributed by atoms with van der Waals surface area (Å²) in [5.41, 5.74) is 2.97. The Balaban J connectivity index is 1.58. The third-order valence-corrected chi connectivity index (χ3v) is 6.67. The second kappa shape index (κ2) is 10.4. The van der Waals surface area contributed by atoms with Gasteiger partial charge in [-0.25, -0.2) is 8.42 Å². The van der Waals surface area contributed by atoms with Crippen molar-refractivity contribution in [3.05, 3.63) is 83.4 Å². The van der Waals surface area contributed by atoms with Gasteiger partial charge in [0.05, 0.1) is 18.6 Å². The fourth-order valence-corrected chi connectivity index (χ4v) is 4.14. The van der Waals surface area contributed by atoms with Crippen LogP contribution in [0.5, 0.6) is 11.5 Å². The first-order valence-corrected chi connectivity index (χ1v) is 11.9. The van der Waals surface area contributed by atoms with Crippen LogP contribution in [0.3, 0.4) is 0 Å². The second-order valence-electron chi connectivity index (χ2n) is 7.68. The number of ether oxygens (including phenoxy) is 2. The topological polar surface area (TPSA) is 84.9 Å². The molecular weight excluding hydrogens is 440 g/mol.